The van der Waals surface area contributed by atoms with E-state index in [0.717, 1.165) is 0 Å². The molecule has 3 N–H and O–H groups in total. The molecule has 70 valence electrons. The van der Waals surface area contributed by atoms with Crippen molar-refractivity contribution in [3.63, 3.8) is 0 Å². The molecule has 1 atom stereocenters. The molecule has 0 heterocycles. The molecule has 0 aliphatic heterocycles. The molecule has 0 radical (unpaired) electrons. The summed E-state index contributed by atoms with van der Waals surface area (Å²) < 4.78 is 0. The van der Waals surface area contributed by atoms with E-state index in [1.54, 1.807) is 0 Å². The fourth-order valence-electron chi connectivity index (χ4n) is 0.638. The van der Waals surface area contributed by atoms with Gasteiger partial charge in [0.2, 0.25) is 11.8 Å². The van der Waals surface area contributed by atoms with Crippen molar-refractivity contribution in [2.45, 2.75) is 20.8 Å². The normalized spacial score (nSPS) is 12.7. The number of primary amides is 1. The molecular formula is C8H16N2O2. The third-order valence-electron chi connectivity index (χ3n) is 1.85. The predicted octanol–water partition coefficient (Wildman–Crippen LogP) is -0.120. The van der Waals surface area contributed by atoms with Crippen molar-refractivity contribution in [2.24, 2.45) is 17.6 Å². The number of nitrogens with two attached hydrogens (primary N) is 1. The van der Waals surface area contributed by atoms with Gasteiger partial charge in [-0.05, 0) is 5.92 Å². The van der Waals surface area contributed by atoms with Gasteiger partial charge in [0.05, 0.1) is 6.54 Å². The Morgan fingerprint density at radius 2 is 1.83 bits per heavy atom. The van der Waals surface area contributed by atoms with Crippen molar-refractivity contribution in [1.82, 2.24) is 5.32 Å². The number of rotatable bonds is 4. The fraction of sp³-hybridized carbons (Fsp3) is 0.750. The molecule has 0 aromatic carbocycles. The van der Waals surface area contributed by atoms with Gasteiger partial charge in [0, 0.05) is 5.92 Å². The van der Waals surface area contributed by atoms with E-state index in [2.05, 4.69) is 5.32 Å². The highest BCUT2D eigenvalue weighted by molar-refractivity contribution is 5.84. The van der Waals surface area contributed by atoms with Crippen molar-refractivity contribution >= 4 is 11.8 Å². The molecular weight excluding hydrogens is 156 g/mol. The van der Waals surface area contributed by atoms with E-state index in [-0.39, 0.29) is 24.3 Å². The number of carbonyl (C=O) groups excluding carboxylic acids is 2. The third kappa shape index (κ3) is 3.95. The first-order chi connectivity index (χ1) is 5.45. The fourth-order valence-corrected chi connectivity index (χ4v) is 0.638. The first kappa shape index (κ1) is 10.9. The first-order valence-corrected chi connectivity index (χ1v) is 4.01. The van der Waals surface area contributed by atoms with Gasteiger partial charge in [0.25, 0.3) is 0 Å². The molecule has 0 spiro atoms. The Balaban J connectivity index is 3.80. The van der Waals surface area contributed by atoms with Crippen LogP contribution in [0.15, 0.2) is 0 Å². The van der Waals surface area contributed by atoms with E-state index in [0.29, 0.717) is 0 Å². The number of amides is 2. The lowest BCUT2D eigenvalue weighted by Gasteiger charge is -2.14. The number of carbonyl (C=O) groups is 2. The smallest absolute Gasteiger partial charge is 0.236 e. The van der Waals surface area contributed by atoms with Crippen LogP contribution in [-0.2, 0) is 9.59 Å². The molecule has 2 amide bonds. The van der Waals surface area contributed by atoms with Crippen LogP contribution in [0.1, 0.15) is 20.8 Å². The maximum atomic E-state index is 11.2. The summed E-state index contributed by atoms with van der Waals surface area (Å²) in [5, 5.41) is 2.45. The average molecular weight is 172 g/mol. The summed E-state index contributed by atoms with van der Waals surface area (Å²) >= 11 is 0. The largest absolute Gasteiger partial charge is 0.368 e. The SMILES string of the molecule is CC(C)[C@@H](C)C(=O)NCC(N)=O. The van der Waals surface area contributed by atoms with Gasteiger partial charge in [-0.15, -0.1) is 0 Å². The highest BCUT2D eigenvalue weighted by Crippen LogP contribution is 2.08. The number of nitrogens with one attached hydrogen (secondary N) is 1. The average Bonchev–Trinajstić information content (AvgIpc) is 1.98. The van der Waals surface area contributed by atoms with E-state index < -0.39 is 5.91 Å². The minimum absolute atomic E-state index is 0.0735. The molecule has 0 saturated heterocycles. The molecule has 4 nitrogen and oxygen atoms in total. The topological polar surface area (TPSA) is 72.2 Å². The summed E-state index contributed by atoms with van der Waals surface area (Å²) in [5.41, 5.74) is 4.86. The molecule has 0 fully saturated rings. The van der Waals surface area contributed by atoms with Crippen LogP contribution in [0.3, 0.4) is 0 Å². The standard InChI is InChI=1S/C8H16N2O2/c1-5(2)6(3)8(12)10-4-7(9)11/h5-6H,4H2,1-3H3,(H2,9,11)(H,10,12)/t6-/m1/s1. The van der Waals surface area contributed by atoms with Crippen molar-refractivity contribution in [3.05, 3.63) is 0 Å². The number of hydrogen-bond acceptors (Lipinski definition) is 2. The van der Waals surface area contributed by atoms with E-state index in [4.69, 9.17) is 5.73 Å². The Bertz CT molecular complexity index is 178. The highest BCUT2D eigenvalue weighted by Gasteiger charge is 2.16. The maximum absolute atomic E-state index is 11.2. The first-order valence-electron chi connectivity index (χ1n) is 4.01. The summed E-state index contributed by atoms with van der Waals surface area (Å²) in [5.74, 6) is -0.440. The Morgan fingerprint density at radius 3 is 2.17 bits per heavy atom. The summed E-state index contributed by atoms with van der Waals surface area (Å²) in [4.78, 5) is 21.5. The summed E-state index contributed by atoms with van der Waals surface area (Å²) in [6.07, 6.45) is 0. The summed E-state index contributed by atoms with van der Waals surface area (Å²) in [6, 6.07) is 0. The van der Waals surface area contributed by atoms with Crippen molar-refractivity contribution < 1.29 is 9.59 Å². The van der Waals surface area contributed by atoms with Gasteiger partial charge in [-0.3, -0.25) is 9.59 Å². The van der Waals surface area contributed by atoms with E-state index in [1.165, 1.54) is 0 Å². The van der Waals surface area contributed by atoms with E-state index >= 15 is 0 Å². The van der Waals surface area contributed by atoms with Crippen LogP contribution in [0.25, 0.3) is 0 Å². The number of hydrogen-bond donors (Lipinski definition) is 2. The second-order valence-electron chi connectivity index (χ2n) is 3.22. The molecule has 0 rings (SSSR count). The van der Waals surface area contributed by atoms with Gasteiger partial charge >= 0.3 is 0 Å². The van der Waals surface area contributed by atoms with E-state index in [1.807, 2.05) is 20.8 Å². The summed E-state index contributed by atoms with van der Waals surface area (Å²) in [7, 11) is 0. The minimum Gasteiger partial charge on any atom is -0.368 e. The van der Waals surface area contributed by atoms with Gasteiger partial charge in [-0.1, -0.05) is 20.8 Å². The Kier molecular flexibility index (Phi) is 4.33. The van der Waals surface area contributed by atoms with Crippen LogP contribution in [0, 0.1) is 11.8 Å². The van der Waals surface area contributed by atoms with Crippen molar-refractivity contribution in [2.75, 3.05) is 6.54 Å². The molecule has 0 aliphatic carbocycles. The molecule has 0 saturated carbocycles. The maximum Gasteiger partial charge on any atom is 0.236 e. The van der Waals surface area contributed by atoms with Gasteiger partial charge < -0.3 is 11.1 Å². The summed E-state index contributed by atoms with van der Waals surface area (Å²) in [6.45, 7) is 5.65. The Labute approximate surface area is 72.5 Å². The van der Waals surface area contributed by atoms with Gasteiger partial charge in [-0.2, -0.15) is 0 Å². The van der Waals surface area contributed by atoms with Crippen molar-refractivity contribution in [1.29, 1.82) is 0 Å². The quantitative estimate of drug-likeness (QED) is 0.620. The lowest BCUT2D eigenvalue weighted by atomic mass is 9.97. The molecule has 0 aromatic heterocycles. The predicted molar refractivity (Wildman–Crippen MR) is 46.2 cm³/mol. The zero-order chi connectivity index (χ0) is 9.72. The van der Waals surface area contributed by atoms with Crippen LogP contribution in [0.4, 0.5) is 0 Å². The Morgan fingerprint density at radius 1 is 1.33 bits per heavy atom. The highest BCUT2D eigenvalue weighted by atomic mass is 16.2. The second kappa shape index (κ2) is 4.74. The molecule has 0 aliphatic rings. The Hall–Kier alpha value is -1.06. The zero-order valence-corrected chi connectivity index (χ0v) is 7.76. The van der Waals surface area contributed by atoms with Crippen LogP contribution in [0.2, 0.25) is 0 Å². The van der Waals surface area contributed by atoms with Gasteiger partial charge in [-0.25, -0.2) is 0 Å². The molecule has 12 heavy (non-hydrogen) atoms. The molecule has 0 unspecified atom stereocenters. The third-order valence-corrected chi connectivity index (χ3v) is 1.85. The van der Waals surface area contributed by atoms with Crippen LogP contribution in [-0.4, -0.2) is 18.4 Å². The van der Waals surface area contributed by atoms with Crippen LogP contribution in [0.5, 0.6) is 0 Å². The van der Waals surface area contributed by atoms with Crippen LogP contribution >= 0.6 is 0 Å². The zero-order valence-electron chi connectivity index (χ0n) is 7.76. The van der Waals surface area contributed by atoms with Gasteiger partial charge in [0.15, 0.2) is 0 Å². The minimum atomic E-state index is -0.515. The molecule has 0 aromatic rings. The molecule has 4 heteroatoms. The van der Waals surface area contributed by atoms with E-state index in [9.17, 15) is 9.59 Å². The van der Waals surface area contributed by atoms with Crippen LogP contribution < -0.4 is 11.1 Å². The molecule has 0 bridgehead atoms. The van der Waals surface area contributed by atoms with Crippen molar-refractivity contribution in [3.8, 4) is 0 Å². The lowest BCUT2D eigenvalue weighted by Crippen LogP contribution is -2.37. The van der Waals surface area contributed by atoms with Gasteiger partial charge in [0.1, 0.15) is 0 Å². The monoisotopic (exact) mass is 172 g/mol. The second-order valence-corrected chi connectivity index (χ2v) is 3.22. The lowest BCUT2D eigenvalue weighted by molar-refractivity contribution is -0.128.